The molecule has 0 saturated carbocycles. The van der Waals surface area contributed by atoms with Crippen LogP contribution in [0.1, 0.15) is 37.8 Å². The Labute approximate surface area is 160 Å². The highest BCUT2D eigenvalue weighted by molar-refractivity contribution is 5.98. The summed E-state index contributed by atoms with van der Waals surface area (Å²) in [6, 6.07) is 23.4. The number of carbonyl (C=O) groups is 1. The predicted molar refractivity (Wildman–Crippen MR) is 111 cm³/mol. The number of anilines is 2. The highest BCUT2D eigenvalue weighted by Gasteiger charge is 2.22. The molecule has 1 heterocycles. The molecule has 2 N–H and O–H groups in total. The molecule has 0 spiro atoms. The van der Waals surface area contributed by atoms with E-state index in [2.05, 4.69) is 36.4 Å². The van der Waals surface area contributed by atoms with Crippen molar-refractivity contribution in [3.05, 3.63) is 90.1 Å². The first-order valence-corrected chi connectivity index (χ1v) is 9.07. The lowest BCUT2D eigenvalue weighted by molar-refractivity contribution is -0.116. The fourth-order valence-corrected chi connectivity index (χ4v) is 2.93. The summed E-state index contributed by atoms with van der Waals surface area (Å²) < 4.78 is 0. The average molecular weight is 359 g/mol. The van der Waals surface area contributed by atoms with Crippen LogP contribution in [0.2, 0.25) is 0 Å². The van der Waals surface area contributed by atoms with Crippen LogP contribution in [0.25, 0.3) is 0 Å². The van der Waals surface area contributed by atoms with Gasteiger partial charge in [0.1, 0.15) is 5.82 Å². The molecule has 138 valence electrons. The van der Waals surface area contributed by atoms with E-state index >= 15 is 0 Å². The van der Waals surface area contributed by atoms with Gasteiger partial charge in [-0.3, -0.25) is 4.79 Å². The molecule has 0 fully saturated rings. The van der Waals surface area contributed by atoms with Crippen LogP contribution >= 0.6 is 0 Å². The molecular weight excluding hydrogens is 334 g/mol. The van der Waals surface area contributed by atoms with Crippen molar-refractivity contribution in [3.8, 4) is 0 Å². The van der Waals surface area contributed by atoms with Gasteiger partial charge in [-0.1, -0.05) is 60.7 Å². The van der Waals surface area contributed by atoms with Gasteiger partial charge in [0.2, 0.25) is 5.91 Å². The third-order valence-electron chi connectivity index (χ3n) is 4.06. The monoisotopic (exact) mass is 359 g/mol. The molecule has 4 heteroatoms. The zero-order chi connectivity index (χ0) is 19.3. The summed E-state index contributed by atoms with van der Waals surface area (Å²) in [7, 11) is 0. The van der Waals surface area contributed by atoms with Gasteiger partial charge in [-0.15, -0.1) is 0 Å². The predicted octanol–water partition coefficient (Wildman–Crippen LogP) is 5.06. The van der Waals surface area contributed by atoms with Gasteiger partial charge in [0, 0.05) is 5.54 Å². The molecule has 1 amide bonds. The number of amides is 1. The van der Waals surface area contributed by atoms with Crippen molar-refractivity contribution in [3.63, 3.8) is 0 Å². The topological polar surface area (TPSA) is 54.0 Å². The molecule has 3 aromatic rings. The Morgan fingerprint density at radius 2 is 1.41 bits per heavy atom. The molecule has 4 nitrogen and oxygen atoms in total. The number of aromatic nitrogens is 1. The molecule has 0 bridgehead atoms. The van der Waals surface area contributed by atoms with Crippen molar-refractivity contribution in [1.82, 2.24) is 4.98 Å². The Morgan fingerprint density at radius 3 is 1.85 bits per heavy atom. The maximum Gasteiger partial charge on any atom is 0.236 e. The van der Waals surface area contributed by atoms with Gasteiger partial charge < -0.3 is 10.6 Å². The van der Waals surface area contributed by atoms with Gasteiger partial charge in [-0.25, -0.2) is 4.98 Å². The first-order chi connectivity index (χ1) is 12.9. The second kappa shape index (κ2) is 8.04. The number of benzene rings is 2. The maximum atomic E-state index is 13.1. The van der Waals surface area contributed by atoms with Crippen LogP contribution < -0.4 is 10.6 Å². The van der Waals surface area contributed by atoms with E-state index in [1.54, 1.807) is 6.20 Å². The number of pyridine rings is 1. The van der Waals surface area contributed by atoms with Gasteiger partial charge in [-0.05, 0) is 44.0 Å². The van der Waals surface area contributed by atoms with Crippen molar-refractivity contribution < 1.29 is 4.79 Å². The minimum atomic E-state index is -0.375. The van der Waals surface area contributed by atoms with Crippen molar-refractivity contribution in [2.75, 3.05) is 10.6 Å². The lowest BCUT2D eigenvalue weighted by Gasteiger charge is -2.21. The molecule has 0 saturated heterocycles. The molecule has 1 aromatic heterocycles. The van der Waals surface area contributed by atoms with Gasteiger partial charge in [-0.2, -0.15) is 0 Å². The number of nitrogens with zero attached hydrogens (tertiary/aromatic N) is 1. The van der Waals surface area contributed by atoms with E-state index in [0.29, 0.717) is 5.69 Å². The summed E-state index contributed by atoms with van der Waals surface area (Å²) >= 11 is 0. The second-order valence-electron chi connectivity index (χ2n) is 7.55. The number of carbonyl (C=O) groups excluding carboxylic acids is 1. The molecule has 0 aliphatic rings. The number of hydrogen-bond acceptors (Lipinski definition) is 3. The van der Waals surface area contributed by atoms with Crippen molar-refractivity contribution in [1.29, 1.82) is 0 Å². The van der Waals surface area contributed by atoms with E-state index in [1.165, 1.54) is 0 Å². The van der Waals surface area contributed by atoms with E-state index < -0.39 is 0 Å². The smallest absolute Gasteiger partial charge is 0.236 e. The zero-order valence-corrected chi connectivity index (χ0v) is 15.9. The lowest BCUT2D eigenvalue weighted by atomic mass is 9.90. The SMILES string of the molecule is CC(C)(C)Nc1ccc(NC(=O)C(c2ccccc2)c2ccccc2)cn1. The first-order valence-electron chi connectivity index (χ1n) is 9.07. The molecule has 0 aliphatic carbocycles. The average Bonchev–Trinajstić information content (AvgIpc) is 2.64. The van der Waals surface area contributed by atoms with E-state index in [9.17, 15) is 4.79 Å². The van der Waals surface area contributed by atoms with Crippen LogP contribution in [0, 0.1) is 0 Å². The normalized spacial score (nSPS) is 11.3. The standard InChI is InChI=1S/C23H25N3O/c1-23(2,3)26-20-15-14-19(16-24-20)25-22(27)21(17-10-6-4-7-11-17)18-12-8-5-9-13-18/h4-16,21H,1-3H3,(H,24,26)(H,25,27). The molecule has 0 unspecified atom stereocenters. The van der Waals surface area contributed by atoms with E-state index in [4.69, 9.17) is 0 Å². The third kappa shape index (κ3) is 5.17. The second-order valence-corrected chi connectivity index (χ2v) is 7.55. The van der Waals surface area contributed by atoms with Crippen LogP contribution in [-0.4, -0.2) is 16.4 Å². The largest absolute Gasteiger partial charge is 0.365 e. The lowest BCUT2D eigenvalue weighted by Crippen LogP contribution is -2.26. The van der Waals surface area contributed by atoms with Crippen molar-refractivity contribution >= 4 is 17.4 Å². The molecule has 3 rings (SSSR count). The third-order valence-corrected chi connectivity index (χ3v) is 4.06. The maximum absolute atomic E-state index is 13.1. The summed E-state index contributed by atoms with van der Waals surface area (Å²) in [4.78, 5) is 17.5. The fraction of sp³-hybridized carbons (Fsp3) is 0.217. The molecule has 2 aromatic carbocycles. The van der Waals surface area contributed by atoms with E-state index in [-0.39, 0.29) is 17.4 Å². The Hall–Kier alpha value is -3.14. The van der Waals surface area contributed by atoms with Gasteiger partial charge in [0.25, 0.3) is 0 Å². The molecule has 27 heavy (non-hydrogen) atoms. The van der Waals surface area contributed by atoms with Gasteiger partial charge in [0.15, 0.2) is 0 Å². The van der Waals surface area contributed by atoms with Gasteiger partial charge in [0.05, 0.1) is 17.8 Å². The summed E-state index contributed by atoms with van der Waals surface area (Å²) in [5.41, 5.74) is 2.53. The summed E-state index contributed by atoms with van der Waals surface area (Å²) in [6.45, 7) is 6.23. The minimum Gasteiger partial charge on any atom is -0.365 e. The van der Waals surface area contributed by atoms with Crippen LogP contribution in [0.15, 0.2) is 79.0 Å². The summed E-state index contributed by atoms with van der Waals surface area (Å²) in [5.74, 6) is 0.327. The Balaban J connectivity index is 1.81. The van der Waals surface area contributed by atoms with Crippen LogP contribution in [0.4, 0.5) is 11.5 Å². The Kier molecular flexibility index (Phi) is 5.55. The van der Waals surface area contributed by atoms with Crippen molar-refractivity contribution in [2.45, 2.75) is 32.2 Å². The molecule has 0 radical (unpaired) electrons. The Bertz CT molecular complexity index is 830. The molecule has 0 aliphatic heterocycles. The van der Waals surface area contributed by atoms with Crippen molar-refractivity contribution in [2.24, 2.45) is 0 Å². The summed E-state index contributed by atoms with van der Waals surface area (Å²) in [6.07, 6.45) is 1.68. The number of nitrogens with one attached hydrogen (secondary N) is 2. The Morgan fingerprint density at radius 1 is 0.852 bits per heavy atom. The zero-order valence-electron chi connectivity index (χ0n) is 15.9. The molecular formula is C23H25N3O. The van der Waals surface area contributed by atoms with Gasteiger partial charge >= 0.3 is 0 Å². The quantitative estimate of drug-likeness (QED) is 0.669. The van der Waals surface area contributed by atoms with E-state index in [0.717, 1.165) is 16.9 Å². The van der Waals surface area contributed by atoms with E-state index in [1.807, 2.05) is 72.8 Å². The number of hydrogen-bond donors (Lipinski definition) is 2. The number of rotatable bonds is 5. The van der Waals surface area contributed by atoms with Crippen LogP contribution in [-0.2, 0) is 4.79 Å². The van der Waals surface area contributed by atoms with Crippen LogP contribution in [0.5, 0.6) is 0 Å². The first kappa shape index (κ1) is 18.6. The fourth-order valence-electron chi connectivity index (χ4n) is 2.93. The minimum absolute atomic E-state index is 0.0660. The highest BCUT2D eigenvalue weighted by atomic mass is 16.1. The molecule has 0 atom stereocenters. The van der Waals surface area contributed by atoms with Crippen LogP contribution in [0.3, 0.4) is 0 Å². The summed E-state index contributed by atoms with van der Waals surface area (Å²) in [5, 5.41) is 6.31. The highest BCUT2D eigenvalue weighted by Crippen LogP contribution is 2.26.